The molecule has 15 heavy (non-hydrogen) atoms. The Morgan fingerprint density at radius 1 is 1.33 bits per heavy atom. The molecule has 2 N–H and O–H groups in total. The molecular formula is C10H19F2NO2. The second-order valence-corrected chi connectivity index (χ2v) is 3.88. The van der Waals surface area contributed by atoms with Gasteiger partial charge in [-0.3, -0.25) is 0 Å². The largest absolute Gasteiger partial charge is 0.392 e. The minimum absolute atomic E-state index is 0.105. The first-order valence-corrected chi connectivity index (χ1v) is 5.47. The van der Waals surface area contributed by atoms with E-state index in [4.69, 9.17) is 4.74 Å². The molecule has 0 bridgehead atoms. The summed E-state index contributed by atoms with van der Waals surface area (Å²) in [5, 5.41) is 12.7. The number of rotatable bonds is 6. The van der Waals surface area contributed by atoms with Crippen molar-refractivity contribution >= 4 is 0 Å². The predicted molar refractivity (Wildman–Crippen MR) is 53.1 cm³/mol. The van der Waals surface area contributed by atoms with Crippen LogP contribution < -0.4 is 5.32 Å². The monoisotopic (exact) mass is 223 g/mol. The second-order valence-electron chi connectivity index (χ2n) is 3.88. The second kappa shape index (κ2) is 7.09. The molecule has 5 heteroatoms. The zero-order chi connectivity index (χ0) is 11.1. The van der Waals surface area contributed by atoms with E-state index >= 15 is 0 Å². The van der Waals surface area contributed by atoms with E-state index in [1.165, 1.54) is 0 Å². The average Bonchev–Trinajstić information content (AvgIpc) is 2.20. The van der Waals surface area contributed by atoms with Gasteiger partial charge in [-0.2, -0.15) is 0 Å². The van der Waals surface area contributed by atoms with Gasteiger partial charge >= 0.3 is 0 Å². The maximum atomic E-state index is 11.7. The number of halogens is 2. The highest BCUT2D eigenvalue weighted by Gasteiger charge is 2.21. The van der Waals surface area contributed by atoms with Gasteiger partial charge in [-0.05, 0) is 12.8 Å². The molecule has 0 heterocycles. The summed E-state index contributed by atoms with van der Waals surface area (Å²) in [6, 6.07) is 0.105. The van der Waals surface area contributed by atoms with Crippen molar-refractivity contribution in [1.29, 1.82) is 0 Å². The number of nitrogens with one attached hydrogen (secondary N) is 1. The molecule has 90 valence electrons. The van der Waals surface area contributed by atoms with Crippen LogP contribution in [0, 0.1) is 0 Å². The standard InChI is InChI=1S/C10H19F2NO2/c11-10(12)7-15-6-5-13-8-3-1-2-4-9(8)14/h8-10,13-14H,1-7H2. The van der Waals surface area contributed by atoms with Crippen LogP contribution in [0.2, 0.25) is 0 Å². The Hall–Kier alpha value is -0.260. The number of alkyl halides is 2. The third-order valence-corrected chi connectivity index (χ3v) is 2.63. The Bertz CT molecular complexity index is 170. The van der Waals surface area contributed by atoms with Gasteiger partial charge in [0.1, 0.15) is 6.61 Å². The Kier molecular flexibility index (Phi) is 6.05. The van der Waals surface area contributed by atoms with Crippen molar-refractivity contribution in [3.63, 3.8) is 0 Å². The molecule has 0 aliphatic heterocycles. The molecule has 1 rings (SSSR count). The minimum Gasteiger partial charge on any atom is -0.392 e. The Morgan fingerprint density at radius 3 is 2.73 bits per heavy atom. The summed E-state index contributed by atoms with van der Waals surface area (Å²) in [5.41, 5.74) is 0. The van der Waals surface area contributed by atoms with E-state index in [-0.39, 0.29) is 18.8 Å². The van der Waals surface area contributed by atoms with Crippen molar-refractivity contribution in [1.82, 2.24) is 5.32 Å². The molecule has 1 fully saturated rings. The molecule has 2 atom stereocenters. The molecule has 3 nitrogen and oxygen atoms in total. The topological polar surface area (TPSA) is 41.5 Å². The molecule has 0 aromatic carbocycles. The predicted octanol–water partition coefficient (Wildman–Crippen LogP) is 1.16. The van der Waals surface area contributed by atoms with Gasteiger partial charge in [0.05, 0.1) is 12.7 Å². The van der Waals surface area contributed by atoms with Crippen molar-refractivity contribution in [3.8, 4) is 0 Å². The molecule has 0 saturated heterocycles. The van der Waals surface area contributed by atoms with Gasteiger partial charge in [0.25, 0.3) is 6.43 Å². The molecule has 0 aromatic heterocycles. The van der Waals surface area contributed by atoms with Gasteiger partial charge < -0.3 is 15.2 Å². The third kappa shape index (κ3) is 5.39. The summed E-state index contributed by atoms with van der Waals surface area (Å²) in [4.78, 5) is 0. The number of hydrogen-bond acceptors (Lipinski definition) is 3. The van der Waals surface area contributed by atoms with E-state index in [0.717, 1.165) is 25.7 Å². The van der Waals surface area contributed by atoms with E-state index in [1.54, 1.807) is 0 Å². The fraction of sp³-hybridized carbons (Fsp3) is 1.00. The molecule has 0 spiro atoms. The summed E-state index contributed by atoms with van der Waals surface area (Å²) < 4.78 is 28.1. The zero-order valence-corrected chi connectivity index (χ0v) is 8.79. The highest BCUT2D eigenvalue weighted by Crippen LogP contribution is 2.17. The van der Waals surface area contributed by atoms with Crippen LogP contribution in [0.25, 0.3) is 0 Å². The molecule has 1 aliphatic rings. The normalized spacial score (nSPS) is 27.2. The van der Waals surface area contributed by atoms with E-state index < -0.39 is 13.0 Å². The molecule has 0 aromatic rings. The molecule has 0 amide bonds. The van der Waals surface area contributed by atoms with Gasteiger partial charge in [-0.1, -0.05) is 12.8 Å². The number of aliphatic hydroxyl groups excluding tert-OH is 1. The molecule has 0 radical (unpaired) electrons. The van der Waals surface area contributed by atoms with Crippen molar-refractivity contribution in [2.75, 3.05) is 19.8 Å². The fourth-order valence-corrected chi connectivity index (χ4v) is 1.84. The van der Waals surface area contributed by atoms with E-state index in [0.29, 0.717) is 6.54 Å². The van der Waals surface area contributed by atoms with Gasteiger partial charge in [0.15, 0.2) is 0 Å². The lowest BCUT2D eigenvalue weighted by Crippen LogP contribution is -2.43. The van der Waals surface area contributed by atoms with E-state index in [1.807, 2.05) is 0 Å². The van der Waals surface area contributed by atoms with Crippen LogP contribution >= 0.6 is 0 Å². The summed E-state index contributed by atoms with van der Waals surface area (Å²) in [5.74, 6) is 0. The first kappa shape index (κ1) is 12.8. The van der Waals surface area contributed by atoms with Gasteiger partial charge in [0.2, 0.25) is 0 Å². The fourth-order valence-electron chi connectivity index (χ4n) is 1.84. The highest BCUT2D eigenvalue weighted by atomic mass is 19.3. The third-order valence-electron chi connectivity index (χ3n) is 2.63. The smallest absolute Gasteiger partial charge is 0.261 e. The van der Waals surface area contributed by atoms with Crippen LogP contribution in [0.1, 0.15) is 25.7 Å². The molecule has 1 saturated carbocycles. The van der Waals surface area contributed by atoms with Crippen LogP contribution in [0.5, 0.6) is 0 Å². The van der Waals surface area contributed by atoms with Crippen LogP contribution in [-0.4, -0.2) is 43.4 Å². The van der Waals surface area contributed by atoms with Crippen molar-refractivity contribution < 1.29 is 18.6 Å². The lowest BCUT2D eigenvalue weighted by molar-refractivity contribution is 0.0152. The highest BCUT2D eigenvalue weighted by molar-refractivity contribution is 4.79. The number of ether oxygens (including phenoxy) is 1. The van der Waals surface area contributed by atoms with Crippen molar-refractivity contribution in [2.24, 2.45) is 0 Å². The number of aliphatic hydroxyl groups is 1. The van der Waals surface area contributed by atoms with Crippen molar-refractivity contribution in [2.45, 2.75) is 44.3 Å². The summed E-state index contributed by atoms with van der Waals surface area (Å²) in [7, 11) is 0. The maximum absolute atomic E-state index is 11.7. The summed E-state index contributed by atoms with van der Waals surface area (Å²) in [6.45, 7) is 0.289. The van der Waals surface area contributed by atoms with E-state index in [2.05, 4.69) is 5.32 Å². The van der Waals surface area contributed by atoms with Crippen LogP contribution in [0.4, 0.5) is 8.78 Å². The molecule has 2 unspecified atom stereocenters. The Morgan fingerprint density at radius 2 is 2.07 bits per heavy atom. The SMILES string of the molecule is OC1CCCCC1NCCOCC(F)F. The summed E-state index contributed by atoms with van der Waals surface area (Å²) >= 11 is 0. The molecular weight excluding hydrogens is 204 g/mol. The molecule has 1 aliphatic carbocycles. The first-order valence-electron chi connectivity index (χ1n) is 5.47. The minimum atomic E-state index is -2.40. The lowest BCUT2D eigenvalue weighted by atomic mass is 9.93. The zero-order valence-electron chi connectivity index (χ0n) is 8.79. The van der Waals surface area contributed by atoms with Crippen molar-refractivity contribution in [3.05, 3.63) is 0 Å². The number of hydrogen-bond donors (Lipinski definition) is 2. The maximum Gasteiger partial charge on any atom is 0.261 e. The van der Waals surface area contributed by atoms with Gasteiger partial charge in [0, 0.05) is 12.6 Å². The quantitative estimate of drug-likeness (QED) is 0.664. The van der Waals surface area contributed by atoms with E-state index in [9.17, 15) is 13.9 Å². The first-order chi connectivity index (χ1) is 7.20. The Labute approximate surface area is 88.8 Å². The van der Waals surface area contributed by atoms with Crippen LogP contribution in [0.15, 0.2) is 0 Å². The van der Waals surface area contributed by atoms with Crippen LogP contribution in [-0.2, 0) is 4.74 Å². The van der Waals surface area contributed by atoms with Gasteiger partial charge in [-0.25, -0.2) is 8.78 Å². The average molecular weight is 223 g/mol. The van der Waals surface area contributed by atoms with Gasteiger partial charge in [-0.15, -0.1) is 0 Å². The lowest BCUT2D eigenvalue weighted by Gasteiger charge is -2.28. The Balaban J connectivity index is 1.99. The summed E-state index contributed by atoms with van der Waals surface area (Å²) in [6.07, 6.45) is 1.28. The van der Waals surface area contributed by atoms with Crippen LogP contribution in [0.3, 0.4) is 0 Å².